The number of hydrogen-bond acceptors (Lipinski definition) is 2. The Morgan fingerprint density at radius 3 is 2.25 bits per heavy atom. The number of hydrogen-bond donors (Lipinski definition) is 0. The SMILES string of the molecule is CC1=N[C@H](C)S[C@H]1C. The lowest BCUT2D eigenvalue weighted by molar-refractivity contribution is 1.06. The smallest absolute Gasteiger partial charge is 0.0929 e. The van der Waals surface area contributed by atoms with E-state index in [1.54, 1.807) is 0 Å². The van der Waals surface area contributed by atoms with Gasteiger partial charge in [0.05, 0.1) is 5.37 Å². The van der Waals surface area contributed by atoms with E-state index < -0.39 is 0 Å². The molecule has 0 aliphatic carbocycles. The Labute approximate surface area is 54.6 Å². The molecular weight excluding hydrogens is 118 g/mol. The van der Waals surface area contributed by atoms with Gasteiger partial charge in [-0.3, -0.25) is 4.99 Å². The van der Waals surface area contributed by atoms with Crippen LogP contribution in [-0.2, 0) is 0 Å². The van der Waals surface area contributed by atoms with Gasteiger partial charge in [-0.05, 0) is 20.8 Å². The minimum absolute atomic E-state index is 0.505. The fourth-order valence-electron chi connectivity index (χ4n) is 0.816. The van der Waals surface area contributed by atoms with Crippen molar-refractivity contribution in [1.29, 1.82) is 0 Å². The third-order valence-corrected chi connectivity index (χ3v) is 2.62. The molecule has 0 aromatic rings. The first kappa shape index (κ1) is 6.14. The molecule has 1 heterocycles. The van der Waals surface area contributed by atoms with Gasteiger partial charge in [-0.2, -0.15) is 0 Å². The van der Waals surface area contributed by atoms with Crippen LogP contribution in [0.2, 0.25) is 0 Å². The topological polar surface area (TPSA) is 12.4 Å². The third kappa shape index (κ3) is 1.05. The molecule has 0 fully saturated rings. The van der Waals surface area contributed by atoms with E-state index in [9.17, 15) is 0 Å². The summed E-state index contributed by atoms with van der Waals surface area (Å²) in [6.07, 6.45) is 0. The van der Waals surface area contributed by atoms with Crippen molar-refractivity contribution in [2.24, 2.45) is 4.99 Å². The largest absolute Gasteiger partial charge is 0.279 e. The molecule has 0 saturated carbocycles. The molecule has 0 saturated heterocycles. The summed E-state index contributed by atoms with van der Waals surface area (Å²) in [4.78, 5) is 4.35. The van der Waals surface area contributed by atoms with Crippen LogP contribution in [0.5, 0.6) is 0 Å². The van der Waals surface area contributed by atoms with Gasteiger partial charge in [0.1, 0.15) is 0 Å². The van der Waals surface area contributed by atoms with E-state index in [0.29, 0.717) is 10.6 Å². The lowest BCUT2D eigenvalue weighted by Crippen LogP contribution is -2.01. The normalized spacial score (nSPS) is 37.6. The molecule has 1 nitrogen and oxygen atoms in total. The summed E-state index contributed by atoms with van der Waals surface area (Å²) in [5.41, 5.74) is 1.29. The summed E-state index contributed by atoms with van der Waals surface area (Å²) in [6.45, 7) is 6.44. The maximum atomic E-state index is 4.35. The van der Waals surface area contributed by atoms with Gasteiger partial charge in [0.25, 0.3) is 0 Å². The molecule has 0 N–H and O–H groups in total. The van der Waals surface area contributed by atoms with Gasteiger partial charge in [-0.1, -0.05) is 0 Å². The fraction of sp³-hybridized carbons (Fsp3) is 0.833. The molecular formula is C6H11NS. The average molecular weight is 129 g/mol. The second-order valence-electron chi connectivity index (χ2n) is 2.15. The van der Waals surface area contributed by atoms with Gasteiger partial charge in [-0.15, -0.1) is 11.8 Å². The van der Waals surface area contributed by atoms with Crippen LogP contribution in [0.25, 0.3) is 0 Å². The Morgan fingerprint density at radius 1 is 1.50 bits per heavy atom. The van der Waals surface area contributed by atoms with Crippen molar-refractivity contribution >= 4 is 17.5 Å². The quantitative estimate of drug-likeness (QED) is 0.487. The minimum atomic E-state index is 0.505. The maximum absolute atomic E-state index is 4.35. The molecule has 0 bridgehead atoms. The Balaban J connectivity index is 2.59. The second-order valence-corrected chi connectivity index (χ2v) is 3.81. The molecule has 1 rings (SSSR count). The highest BCUT2D eigenvalue weighted by atomic mass is 32.2. The average Bonchev–Trinajstić information content (AvgIpc) is 1.85. The second kappa shape index (κ2) is 2.09. The van der Waals surface area contributed by atoms with E-state index in [1.165, 1.54) is 5.71 Å². The van der Waals surface area contributed by atoms with Gasteiger partial charge >= 0.3 is 0 Å². The zero-order valence-electron chi connectivity index (χ0n) is 5.51. The van der Waals surface area contributed by atoms with Crippen molar-refractivity contribution in [3.63, 3.8) is 0 Å². The lowest BCUT2D eigenvalue weighted by atomic mass is 10.3. The van der Waals surface area contributed by atoms with E-state index in [0.717, 1.165) is 0 Å². The summed E-state index contributed by atoms with van der Waals surface area (Å²) < 4.78 is 0. The van der Waals surface area contributed by atoms with E-state index in [2.05, 4.69) is 25.8 Å². The zero-order valence-corrected chi connectivity index (χ0v) is 6.33. The van der Waals surface area contributed by atoms with Gasteiger partial charge < -0.3 is 0 Å². The summed E-state index contributed by atoms with van der Waals surface area (Å²) in [5.74, 6) is 0. The predicted octanol–water partition coefficient (Wildman–Crippen LogP) is 1.93. The predicted molar refractivity (Wildman–Crippen MR) is 39.6 cm³/mol. The zero-order chi connectivity index (χ0) is 6.15. The molecule has 0 aromatic carbocycles. The number of thioether (sulfide) groups is 1. The van der Waals surface area contributed by atoms with Gasteiger partial charge in [-0.25, -0.2) is 0 Å². The van der Waals surface area contributed by atoms with Gasteiger partial charge in [0, 0.05) is 11.0 Å². The highest BCUT2D eigenvalue weighted by Crippen LogP contribution is 2.26. The monoisotopic (exact) mass is 129 g/mol. The molecule has 2 heteroatoms. The van der Waals surface area contributed by atoms with Crippen molar-refractivity contribution in [3.05, 3.63) is 0 Å². The Morgan fingerprint density at radius 2 is 2.12 bits per heavy atom. The Bertz CT molecular complexity index is 120. The highest BCUT2D eigenvalue weighted by molar-refractivity contribution is 8.01. The fourth-order valence-corrected chi connectivity index (χ4v) is 1.89. The van der Waals surface area contributed by atoms with Gasteiger partial charge in [0.2, 0.25) is 0 Å². The van der Waals surface area contributed by atoms with E-state index in [4.69, 9.17) is 0 Å². The van der Waals surface area contributed by atoms with Gasteiger partial charge in [0.15, 0.2) is 0 Å². The van der Waals surface area contributed by atoms with E-state index >= 15 is 0 Å². The summed E-state index contributed by atoms with van der Waals surface area (Å²) in [5, 5.41) is 1.16. The van der Waals surface area contributed by atoms with E-state index in [-0.39, 0.29) is 0 Å². The number of rotatable bonds is 0. The van der Waals surface area contributed by atoms with Crippen LogP contribution in [0.3, 0.4) is 0 Å². The molecule has 8 heavy (non-hydrogen) atoms. The van der Waals surface area contributed by atoms with Crippen molar-refractivity contribution in [1.82, 2.24) is 0 Å². The minimum Gasteiger partial charge on any atom is -0.279 e. The highest BCUT2D eigenvalue weighted by Gasteiger charge is 2.17. The third-order valence-electron chi connectivity index (χ3n) is 1.37. The molecule has 0 spiro atoms. The van der Waals surface area contributed by atoms with Crippen LogP contribution in [0.1, 0.15) is 20.8 Å². The van der Waals surface area contributed by atoms with Crippen molar-refractivity contribution < 1.29 is 0 Å². The molecule has 2 atom stereocenters. The number of nitrogens with zero attached hydrogens (tertiary/aromatic N) is 1. The molecule has 0 unspecified atom stereocenters. The lowest BCUT2D eigenvalue weighted by Gasteiger charge is -1.98. The first-order chi connectivity index (χ1) is 3.70. The molecule has 1 aliphatic rings. The molecule has 0 amide bonds. The van der Waals surface area contributed by atoms with Crippen LogP contribution in [-0.4, -0.2) is 16.3 Å². The van der Waals surface area contributed by atoms with Crippen molar-refractivity contribution in [3.8, 4) is 0 Å². The standard InChI is InChI=1S/C6H11NS/c1-4-5(2)8-6(3)7-4/h5-6H,1-3H3/t5-,6-/m0/s1. The molecule has 46 valence electrons. The summed E-state index contributed by atoms with van der Waals surface area (Å²) in [6, 6.07) is 0. The van der Waals surface area contributed by atoms with E-state index in [1.807, 2.05) is 11.8 Å². The van der Waals surface area contributed by atoms with Crippen LogP contribution in [0.4, 0.5) is 0 Å². The first-order valence-electron chi connectivity index (χ1n) is 2.90. The summed E-state index contributed by atoms with van der Waals surface area (Å²) in [7, 11) is 0. The van der Waals surface area contributed by atoms with Crippen molar-refractivity contribution in [2.45, 2.75) is 31.4 Å². The Hall–Kier alpha value is 0.0200. The molecule has 0 aromatic heterocycles. The van der Waals surface area contributed by atoms with Crippen molar-refractivity contribution in [2.75, 3.05) is 0 Å². The van der Waals surface area contributed by atoms with Crippen LogP contribution in [0.15, 0.2) is 4.99 Å². The Kier molecular flexibility index (Phi) is 1.61. The molecule has 0 radical (unpaired) electrons. The maximum Gasteiger partial charge on any atom is 0.0929 e. The van der Waals surface area contributed by atoms with Crippen LogP contribution in [0, 0.1) is 0 Å². The molecule has 1 aliphatic heterocycles. The van der Waals surface area contributed by atoms with Crippen LogP contribution < -0.4 is 0 Å². The van der Waals surface area contributed by atoms with Crippen LogP contribution >= 0.6 is 11.8 Å². The first-order valence-corrected chi connectivity index (χ1v) is 3.84. The number of aliphatic imine (C=N–C) groups is 1. The summed E-state index contributed by atoms with van der Waals surface area (Å²) >= 11 is 1.92.